The molecule has 6 heteroatoms. The molecule has 2 heterocycles. The molecule has 90 valence electrons. The van der Waals surface area contributed by atoms with Crippen molar-refractivity contribution >= 4 is 11.9 Å². The average molecular weight is 238 g/mol. The summed E-state index contributed by atoms with van der Waals surface area (Å²) in [6.07, 6.45) is 3.01. The second kappa shape index (κ2) is 4.48. The van der Waals surface area contributed by atoms with Crippen LogP contribution < -0.4 is 0 Å². The van der Waals surface area contributed by atoms with Crippen molar-refractivity contribution in [3.63, 3.8) is 0 Å². The Morgan fingerprint density at radius 3 is 3.00 bits per heavy atom. The molecule has 5 nitrogen and oxygen atoms in total. The van der Waals surface area contributed by atoms with Crippen LogP contribution in [0, 0.1) is 5.82 Å². The van der Waals surface area contributed by atoms with E-state index in [-0.39, 0.29) is 18.9 Å². The molecule has 17 heavy (non-hydrogen) atoms. The van der Waals surface area contributed by atoms with Crippen LogP contribution >= 0.6 is 0 Å². The van der Waals surface area contributed by atoms with E-state index in [0.29, 0.717) is 12.0 Å². The Morgan fingerprint density at radius 1 is 1.59 bits per heavy atom. The van der Waals surface area contributed by atoms with Gasteiger partial charge in [0.2, 0.25) is 5.91 Å². The summed E-state index contributed by atoms with van der Waals surface area (Å²) < 4.78 is 12.9. The molecule has 2 rings (SSSR count). The van der Waals surface area contributed by atoms with Crippen LogP contribution in [0.4, 0.5) is 4.39 Å². The number of carbonyl (C=O) groups excluding carboxylic acids is 1. The first-order chi connectivity index (χ1) is 8.08. The summed E-state index contributed by atoms with van der Waals surface area (Å²) in [6, 6.07) is 0.433. The first-order valence-corrected chi connectivity index (χ1v) is 5.19. The number of halogens is 1. The third-order valence-electron chi connectivity index (χ3n) is 2.73. The first-order valence-electron chi connectivity index (χ1n) is 5.19. The van der Waals surface area contributed by atoms with E-state index < -0.39 is 17.8 Å². The van der Waals surface area contributed by atoms with Crippen molar-refractivity contribution in [1.29, 1.82) is 0 Å². The van der Waals surface area contributed by atoms with E-state index in [0.717, 1.165) is 6.20 Å². The third-order valence-corrected chi connectivity index (χ3v) is 2.73. The molecule has 1 amide bonds. The average Bonchev–Trinajstić information content (AvgIpc) is 2.61. The van der Waals surface area contributed by atoms with Gasteiger partial charge in [0, 0.05) is 19.2 Å². The highest BCUT2D eigenvalue weighted by atomic mass is 19.1. The number of aliphatic carboxylic acids is 1. The van der Waals surface area contributed by atoms with Crippen molar-refractivity contribution in [3.8, 4) is 0 Å². The third kappa shape index (κ3) is 2.41. The number of hydrogen-bond acceptors (Lipinski definition) is 3. The minimum absolute atomic E-state index is 0.0839. The van der Waals surface area contributed by atoms with Gasteiger partial charge in [0.15, 0.2) is 0 Å². The molecule has 0 saturated carbocycles. The summed E-state index contributed by atoms with van der Waals surface area (Å²) in [5.74, 6) is -1.75. The van der Waals surface area contributed by atoms with E-state index in [4.69, 9.17) is 5.11 Å². The van der Waals surface area contributed by atoms with Gasteiger partial charge in [-0.25, -0.2) is 9.18 Å². The number of carbonyl (C=O) groups is 2. The SMILES string of the molecule is O=C(O)C1CCC(=O)N1Cc1cncc(F)c1. The normalized spacial score (nSPS) is 19.7. The van der Waals surface area contributed by atoms with Crippen molar-refractivity contribution in [2.24, 2.45) is 0 Å². The first kappa shape index (κ1) is 11.5. The van der Waals surface area contributed by atoms with Crippen molar-refractivity contribution < 1.29 is 19.1 Å². The molecule has 0 aliphatic carbocycles. The second-order valence-electron chi connectivity index (χ2n) is 3.93. The van der Waals surface area contributed by atoms with Crippen LogP contribution in [0.1, 0.15) is 18.4 Å². The van der Waals surface area contributed by atoms with Crippen molar-refractivity contribution in [2.45, 2.75) is 25.4 Å². The van der Waals surface area contributed by atoms with Gasteiger partial charge in [0.1, 0.15) is 11.9 Å². The van der Waals surface area contributed by atoms with Gasteiger partial charge in [0.05, 0.1) is 6.20 Å². The Balaban J connectivity index is 2.16. The molecule has 0 spiro atoms. The molecule has 1 aromatic heterocycles. The fraction of sp³-hybridized carbons (Fsp3) is 0.364. The van der Waals surface area contributed by atoms with Crippen LogP contribution in [0.3, 0.4) is 0 Å². The van der Waals surface area contributed by atoms with Crippen LogP contribution in [0.5, 0.6) is 0 Å². The number of rotatable bonds is 3. The highest BCUT2D eigenvalue weighted by Gasteiger charge is 2.35. The van der Waals surface area contributed by atoms with Crippen molar-refractivity contribution in [3.05, 3.63) is 29.8 Å². The smallest absolute Gasteiger partial charge is 0.326 e. The summed E-state index contributed by atoms with van der Waals surface area (Å²) in [6.45, 7) is 0.0839. The summed E-state index contributed by atoms with van der Waals surface area (Å²) in [5.41, 5.74) is 0.492. The predicted molar refractivity (Wildman–Crippen MR) is 55.4 cm³/mol. The molecule has 0 bridgehead atoms. The minimum Gasteiger partial charge on any atom is -0.480 e. The Hall–Kier alpha value is -1.98. The van der Waals surface area contributed by atoms with E-state index in [1.54, 1.807) is 0 Å². The Bertz CT molecular complexity index is 464. The number of hydrogen-bond donors (Lipinski definition) is 1. The number of aromatic nitrogens is 1. The number of likely N-dealkylation sites (tertiary alicyclic amines) is 1. The van der Waals surface area contributed by atoms with E-state index in [1.807, 2.05) is 0 Å². The van der Waals surface area contributed by atoms with Gasteiger partial charge in [-0.1, -0.05) is 0 Å². The fourth-order valence-corrected chi connectivity index (χ4v) is 1.93. The molecule has 1 aliphatic heterocycles. The summed E-state index contributed by atoms with van der Waals surface area (Å²) in [7, 11) is 0. The molecule has 1 aromatic rings. The van der Waals surface area contributed by atoms with Gasteiger partial charge >= 0.3 is 5.97 Å². The van der Waals surface area contributed by atoms with Crippen LogP contribution in [-0.4, -0.2) is 32.9 Å². The lowest BCUT2D eigenvalue weighted by atomic mass is 10.2. The number of carboxylic acids is 1. The topological polar surface area (TPSA) is 70.5 Å². The van der Waals surface area contributed by atoms with Crippen molar-refractivity contribution in [2.75, 3.05) is 0 Å². The molecular weight excluding hydrogens is 227 g/mol. The zero-order chi connectivity index (χ0) is 12.4. The molecule has 1 atom stereocenters. The number of carboxylic acid groups (broad SMARTS) is 1. The maximum Gasteiger partial charge on any atom is 0.326 e. The summed E-state index contributed by atoms with van der Waals surface area (Å²) in [4.78, 5) is 27.4. The lowest BCUT2D eigenvalue weighted by Gasteiger charge is -2.21. The highest BCUT2D eigenvalue weighted by Crippen LogP contribution is 2.21. The zero-order valence-corrected chi connectivity index (χ0v) is 8.97. The molecule has 1 saturated heterocycles. The lowest BCUT2D eigenvalue weighted by Crippen LogP contribution is -2.37. The van der Waals surface area contributed by atoms with Gasteiger partial charge in [-0.05, 0) is 18.1 Å². The largest absolute Gasteiger partial charge is 0.480 e. The second-order valence-corrected chi connectivity index (χ2v) is 3.93. The monoisotopic (exact) mass is 238 g/mol. The summed E-state index contributed by atoms with van der Waals surface area (Å²) >= 11 is 0. The zero-order valence-electron chi connectivity index (χ0n) is 8.97. The maximum absolute atomic E-state index is 12.9. The predicted octanol–water partition coefficient (Wildman–Crippen LogP) is 0.796. The molecular formula is C11H11FN2O3. The number of amides is 1. The van der Waals surface area contributed by atoms with Crippen molar-refractivity contribution in [1.82, 2.24) is 9.88 Å². The van der Waals surface area contributed by atoms with E-state index >= 15 is 0 Å². The summed E-state index contributed by atoms with van der Waals surface area (Å²) in [5, 5.41) is 8.95. The molecule has 1 unspecified atom stereocenters. The van der Waals surface area contributed by atoms with Crippen LogP contribution in [-0.2, 0) is 16.1 Å². The fourth-order valence-electron chi connectivity index (χ4n) is 1.93. The van der Waals surface area contributed by atoms with Crippen LogP contribution in [0.2, 0.25) is 0 Å². The number of nitrogens with zero attached hydrogens (tertiary/aromatic N) is 2. The van der Waals surface area contributed by atoms with Crippen LogP contribution in [0.25, 0.3) is 0 Å². The van der Waals surface area contributed by atoms with E-state index in [2.05, 4.69) is 4.98 Å². The number of pyridine rings is 1. The van der Waals surface area contributed by atoms with E-state index in [1.165, 1.54) is 17.2 Å². The van der Waals surface area contributed by atoms with Crippen LogP contribution in [0.15, 0.2) is 18.5 Å². The molecule has 0 aromatic carbocycles. The quantitative estimate of drug-likeness (QED) is 0.845. The molecule has 1 aliphatic rings. The van der Waals surface area contributed by atoms with Gasteiger partial charge in [0.25, 0.3) is 0 Å². The van der Waals surface area contributed by atoms with E-state index in [9.17, 15) is 14.0 Å². The Kier molecular flexibility index (Phi) is 3.03. The Morgan fingerprint density at radius 2 is 2.35 bits per heavy atom. The standard InChI is InChI=1S/C11H11FN2O3/c12-8-3-7(4-13-5-8)6-14-9(11(16)17)1-2-10(14)15/h3-5,9H,1-2,6H2,(H,16,17). The van der Waals surface area contributed by atoms with Gasteiger partial charge in [-0.3, -0.25) is 9.78 Å². The molecule has 1 fully saturated rings. The minimum atomic E-state index is -1.03. The molecule has 1 N–H and O–H groups in total. The molecule has 0 radical (unpaired) electrons. The van der Waals surface area contributed by atoms with Gasteiger partial charge in [-0.15, -0.1) is 0 Å². The van der Waals surface area contributed by atoms with Gasteiger partial charge in [-0.2, -0.15) is 0 Å². The van der Waals surface area contributed by atoms with Gasteiger partial charge < -0.3 is 10.0 Å². The lowest BCUT2D eigenvalue weighted by molar-refractivity contribution is -0.146. The highest BCUT2D eigenvalue weighted by molar-refractivity contribution is 5.87. The Labute approximate surface area is 96.9 Å². The maximum atomic E-state index is 12.9.